The Hall–Kier alpha value is -2.46. The molecule has 0 spiro atoms. The first-order valence-corrected chi connectivity index (χ1v) is 7.73. The van der Waals surface area contributed by atoms with Gasteiger partial charge < -0.3 is 14.2 Å². The molecule has 4 nitrogen and oxygen atoms in total. The van der Waals surface area contributed by atoms with Crippen LogP contribution >= 0.6 is 11.6 Å². The number of rotatable bonds is 6. The topological polar surface area (TPSA) is 44.8 Å². The molecule has 24 heavy (non-hydrogen) atoms. The number of hydrogen-bond acceptors (Lipinski definition) is 4. The van der Waals surface area contributed by atoms with Crippen LogP contribution in [0, 0.1) is 6.92 Å². The lowest BCUT2D eigenvalue weighted by Gasteiger charge is -2.10. The second kappa shape index (κ2) is 8.41. The smallest absolute Gasteiger partial charge is 0.331 e. The maximum Gasteiger partial charge on any atom is 0.331 e. The lowest BCUT2D eigenvalue weighted by Crippen LogP contribution is -2.00. The highest BCUT2D eigenvalue weighted by atomic mass is 35.5. The highest BCUT2D eigenvalue weighted by Gasteiger charge is 2.10. The van der Waals surface area contributed by atoms with Gasteiger partial charge in [-0.05, 0) is 36.3 Å². The van der Waals surface area contributed by atoms with Crippen molar-refractivity contribution in [1.29, 1.82) is 0 Å². The minimum atomic E-state index is -0.429. The summed E-state index contributed by atoms with van der Waals surface area (Å²) in [5, 5.41) is 0.407. The molecule has 0 saturated carbocycles. The second-order valence-electron chi connectivity index (χ2n) is 5.16. The number of ether oxygens (including phenoxy) is 3. The van der Waals surface area contributed by atoms with Crippen LogP contribution in [0.5, 0.6) is 11.5 Å². The fraction of sp³-hybridized carbons (Fsp3) is 0.211. The summed E-state index contributed by atoms with van der Waals surface area (Å²) < 4.78 is 15.6. The molecule has 126 valence electrons. The third kappa shape index (κ3) is 4.77. The van der Waals surface area contributed by atoms with Gasteiger partial charge in [0.2, 0.25) is 0 Å². The number of aryl methyl sites for hydroxylation is 1. The molecule has 0 heterocycles. The number of methoxy groups -OCH3 is 2. The van der Waals surface area contributed by atoms with E-state index < -0.39 is 5.97 Å². The van der Waals surface area contributed by atoms with Gasteiger partial charge in [-0.25, -0.2) is 4.79 Å². The van der Waals surface area contributed by atoms with Crippen molar-refractivity contribution in [3.05, 3.63) is 64.2 Å². The molecule has 0 unspecified atom stereocenters. The number of benzene rings is 2. The number of carbonyl (C=O) groups excluding carboxylic acids is 1. The van der Waals surface area contributed by atoms with E-state index in [0.717, 1.165) is 11.1 Å². The van der Waals surface area contributed by atoms with Crippen LogP contribution in [0.3, 0.4) is 0 Å². The normalized spacial score (nSPS) is 10.7. The van der Waals surface area contributed by atoms with Gasteiger partial charge in [0.15, 0.2) is 11.5 Å². The Morgan fingerprint density at radius 3 is 2.46 bits per heavy atom. The zero-order valence-corrected chi connectivity index (χ0v) is 14.6. The molecule has 0 saturated heterocycles. The Bertz CT molecular complexity index is 736. The third-order valence-corrected chi connectivity index (χ3v) is 3.65. The predicted octanol–water partition coefficient (Wildman–Crippen LogP) is 4.42. The molecule has 0 atom stereocenters. The fourth-order valence-electron chi connectivity index (χ4n) is 2.09. The van der Waals surface area contributed by atoms with E-state index in [1.807, 2.05) is 31.2 Å². The van der Waals surface area contributed by atoms with Crippen LogP contribution in [0.15, 0.2) is 42.5 Å². The van der Waals surface area contributed by atoms with E-state index in [4.69, 9.17) is 25.8 Å². The summed E-state index contributed by atoms with van der Waals surface area (Å²) in [5.41, 5.74) is 2.82. The number of carbonyl (C=O) groups is 1. The molecule has 0 radical (unpaired) electrons. The van der Waals surface area contributed by atoms with E-state index in [1.54, 1.807) is 18.2 Å². The predicted molar refractivity (Wildman–Crippen MR) is 94.6 cm³/mol. The van der Waals surface area contributed by atoms with Gasteiger partial charge >= 0.3 is 5.97 Å². The second-order valence-corrected chi connectivity index (χ2v) is 5.57. The van der Waals surface area contributed by atoms with E-state index in [9.17, 15) is 4.79 Å². The third-order valence-electron chi connectivity index (χ3n) is 3.37. The highest BCUT2D eigenvalue weighted by Crippen LogP contribution is 2.36. The van der Waals surface area contributed by atoms with Crippen LogP contribution in [0.25, 0.3) is 6.08 Å². The van der Waals surface area contributed by atoms with E-state index in [0.29, 0.717) is 22.1 Å². The van der Waals surface area contributed by atoms with Gasteiger partial charge in [-0.1, -0.05) is 41.4 Å². The quantitative estimate of drug-likeness (QED) is 0.573. The minimum absolute atomic E-state index is 0.232. The highest BCUT2D eigenvalue weighted by molar-refractivity contribution is 6.32. The SMILES string of the molecule is COc1cc(/C=C/C(=O)OCc2ccc(C)cc2)cc(Cl)c1OC. The first-order valence-electron chi connectivity index (χ1n) is 7.35. The zero-order valence-electron chi connectivity index (χ0n) is 13.8. The standard InChI is InChI=1S/C19H19ClO4/c1-13-4-6-14(7-5-13)12-24-18(21)9-8-15-10-16(20)19(23-3)17(11-15)22-2/h4-11H,12H2,1-3H3/b9-8+. The van der Waals surface area contributed by atoms with Gasteiger partial charge in [0.1, 0.15) is 6.61 Å². The van der Waals surface area contributed by atoms with Crippen molar-refractivity contribution in [3.63, 3.8) is 0 Å². The summed E-state index contributed by atoms with van der Waals surface area (Å²) in [6.45, 7) is 2.24. The fourth-order valence-corrected chi connectivity index (χ4v) is 2.38. The molecule has 0 aliphatic carbocycles. The maximum atomic E-state index is 11.8. The van der Waals surface area contributed by atoms with Crippen molar-refractivity contribution in [3.8, 4) is 11.5 Å². The van der Waals surface area contributed by atoms with Crippen LogP contribution in [-0.2, 0) is 16.1 Å². The van der Waals surface area contributed by atoms with Crippen molar-refractivity contribution < 1.29 is 19.0 Å². The zero-order chi connectivity index (χ0) is 17.5. The summed E-state index contributed by atoms with van der Waals surface area (Å²) >= 11 is 6.13. The Morgan fingerprint density at radius 1 is 1.12 bits per heavy atom. The van der Waals surface area contributed by atoms with Gasteiger partial charge in [-0.2, -0.15) is 0 Å². The van der Waals surface area contributed by atoms with Gasteiger partial charge in [0.05, 0.1) is 19.2 Å². The van der Waals surface area contributed by atoms with Crippen LogP contribution in [-0.4, -0.2) is 20.2 Å². The molecule has 5 heteroatoms. The van der Waals surface area contributed by atoms with Crippen LogP contribution in [0.1, 0.15) is 16.7 Å². The van der Waals surface area contributed by atoms with Gasteiger partial charge in [-0.3, -0.25) is 0 Å². The Labute approximate surface area is 146 Å². The van der Waals surface area contributed by atoms with Gasteiger partial charge in [-0.15, -0.1) is 0 Å². The molecule has 0 aliphatic rings. The molecule has 0 bridgehead atoms. The van der Waals surface area contributed by atoms with Crippen LogP contribution in [0.4, 0.5) is 0 Å². The Kier molecular flexibility index (Phi) is 6.27. The lowest BCUT2D eigenvalue weighted by atomic mass is 10.2. The first kappa shape index (κ1) is 17.9. The van der Waals surface area contributed by atoms with Gasteiger partial charge in [0, 0.05) is 6.08 Å². The monoisotopic (exact) mass is 346 g/mol. The molecular weight excluding hydrogens is 328 g/mol. The van der Waals surface area contributed by atoms with Crippen LogP contribution < -0.4 is 9.47 Å². The summed E-state index contributed by atoms with van der Waals surface area (Å²) in [6, 6.07) is 11.2. The largest absolute Gasteiger partial charge is 0.493 e. The van der Waals surface area contributed by atoms with Crippen molar-refractivity contribution in [2.75, 3.05) is 14.2 Å². The Balaban J connectivity index is 2.00. The van der Waals surface area contributed by atoms with Crippen molar-refractivity contribution in [1.82, 2.24) is 0 Å². The lowest BCUT2D eigenvalue weighted by molar-refractivity contribution is -0.138. The van der Waals surface area contributed by atoms with E-state index in [-0.39, 0.29) is 6.61 Å². The number of esters is 1. The average Bonchev–Trinajstić information content (AvgIpc) is 2.58. The van der Waals surface area contributed by atoms with E-state index in [2.05, 4.69) is 0 Å². The summed E-state index contributed by atoms with van der Waals surface area (Å²) in [4.78, 5) is 11.8. The first-order chi connectivity index (χ1) is 11.5. The molecule has 0 fully saturated rings. The molecule has 0 aromatic heterocycles. The molecule has 0 aliphatic heterocycles. The summed E-state index contributed by atoms with van der Waals surface area (Å²) in [6.07, 6.45) is 2.97. The molecule has 2 aromatic carbocycles. The van der Waals surface area contributed by atoms with Crippen LogP contribution in [0.2, 0.25) is 5.02 Å². The minimum Gasteiger partial charge on any atom is -0.493 e. The summed E-state index contributed by atoms with van der Waals surface area (Å²) in [5.74, 6) is 0.525. The van der Waals surface area contributed by atoms with E-state index >= 15 is 0 Å². The summed E-state index contributed by atoms with van der Waals surface area (Å²) in [7, 11) is 3.04. The van der Waals surface area contributed by atoms with Gasteiger partial charge in [0.25, 0.3) is 0 Å². The molecule has 0 amide bonds. The number of hydrogen-bond donors (Lipinski definition) is 0. The molecule has 2 aromatic rings. The molecular formula is C19H19ClO4. The van der Waals surface area contributed by atoms with Crippen molar-refractivity contribution in [2.24, 2.45) is 0 Å². The van der Waals surface area contributed by atoms with Crippen molar-refractivity contribution in [2.45, 2.75) is 13.5 Å². The molecule has 0 N–H and O–H groups in total. The number of halogens is 1. The van der Waals surface area contributed by atoms with Crippen molar-refractivity contribution >= 4 is 23.6 Å². The van der Waals surface area contributed by atoms with E-state index in [1.165, 1.54) is 20.3 Å². The molecule has 2 rings (SSSR count). The maximum absolute atomic E-state index is 11.8. The Morgan fingerprint density at radius 2 is 1.83 bits per heavy atom. The average molecular weight is 347 g/mol.